The molecule has 174 valence electrons. The number of thioether (sulfide) groups is 1. The van der Waals surface area contributed by atoms with Crippen molar-refractivity contribution in [3.05, 3.63) is 56.4 Å². The fourth-order valence-electron chi connectivity index (χ4n) is 5.35. The summed E-state index contributed by atoms with van der Waals surface area (Å²) in [4.78, 5) is 35.0. The lowest BCUT2D eigenvalue weighted by Crippen LogP contribution is -2.40. The van der Waals surface area contributed by atoms with Gasteiger partial charge in [-0.3, -0.25) is 9.59 Å². The van der Waals surface area contributed by atoms with Crippen LogP contribution in [0.4, 0.5) is 0 Å². The van der Waals surface area contributed by atoms with Gasteiger partial charge >= 0.3 is 0 Å². The molecule has 0 bridgehead atoms. The van der Waals surface area contributed by atoms with Gasteiger partial charge in [0, 0.05) is 22.4 Å². The molecule has 33 heavy (non-hydrogen) atoms. The second-order valence-electron chi connectivity index (χ2n) is 9.01. The number of para-hydroxylation sites is 1. The zero-order valence-electron chi connectivity index (χ0n) is 18.9. The van der Waals surface area contributed by atoms with Crippen LogP contribution >= 0.6 is 23.1 Å². The Bertz CT molecular complexity index is 1230. The van der Waals surface area contributed by atoms with Crippen molar-refractivity contribution < 1.29 is 9.53 Å². The Morgan fingerprint density at radius 3 is 2.88 bits per heavy atom. The van der Waals surface area contributed by atoms with Gasteiger partial charge in [-0.25, -0.2) is 4.98 Å². The van der Waals surface area contributed by atoms with Crippen molar-refractivity contribution in [2.75, 3.05) is 19.4 Å². The highest BCUT2D eigenvalue weighted by Gasteiger charge is 2.38. The fourth-order valence-corrected chi connectivity index (χ4v) is 7.35. The van der Waals surface area contributed by atoms with Gasteiger partial charge in [-0.2, -0.15) is 0 Å². The van der Waals surface area contributed by atoms with Crippen LogP contribution in [-0.2, 0) is 28.8 Å². The van der Waals surface area contributed by atoms with Gasteiger partial charge in [0.15, 0.2) is 0 Å². The van der Waals surface area contributed by atoms with E-state index in [0.29, 0.717) is 23.9 Å². The SMILES string of the molecule is COc1ccccc1C1(CNC(=O)CSCc2nc3sc4c(c3c(=O)[nH]2)CCC4)CCCC1. The monoisotopic (exact) mass is 483 g/mol. The zero-order chi connectivity index (χ0) is 22.8. The van der Waals surface area contributed by atoms with E-state index < -0.39 is 0 Å². The van der Waals surface area contributed by atoms with Crippen LogP contribution in [0.3, 0.4) is 0 Å². The summed E-state index contributed by atoms with van der Waals surface area (Å²) in [7, 11) is 1.70. The average molecular weight is 484 g/mol. The van der Waals surface area contributed by atoms with Gasteiger partial charge in [-0.05, 0) is 43.7 Å². The molecule has 2 aliphatic rings. The number of aryl methyl sites for hydroxylation is 2. The molecule has 2 aromatic heterocycles. The van der Waals surface area contributed by atoms with Crippen LogP contribution in [0.25, 0.3) is 10.2 Å². The average Bonchev–Trinajstić information content (AvgIpc) is 3.54. The zero-order valence-corrected chi connectivity index (χ0v) is 20.5. The van der Waals surface area contributed by atoms with Crippen molar-refractivity contribution in [3.8, 4) is 5.75 Å². The summed E-state index contributed by atoms with van der Waals surface area (Å²) in [5, 5.41) is 3.94. The molecule has 1 aromatic carbocycles. The van der Waals surface area contributed by atoms with E-state index in [4.69, 9.17) is 4.74 Å². The number of nitrogens with zero attached hydrogens (tertiary/aromatic N) is 1. The first kappa shape index (κ1) is 22.5. The highest BCUT2D eigenvalue weighted by Crippen LogP contribution is 2.44. The summed E-state index contributed by atoms with van der Waals surface area (Å²) in [5.74, 6) is 2.41. The second kappa shape index (κ2) is 9.50. The minimum atomic E-state index is -0.0652. The molecule has 2 N–H and O–H groups in total. The summed E-state index contributed by atoms with van der Waals surface area (Å²) in [6.07, 6.45) is 7.59. The molecule has 1 saturated carbocycles. The number of thiophene rings is 1. The van der Waals surface area contributed by atoms with Crippen LogP contribution in [0.15, 0.2) is 29.1 Å². The van der Waals surface area contributed by atoms with Crippen molar-refractivity contribution >= 4 is 39.2 Å². The predicted molar refractivity (Wildman–Crippen MR) is 135 cm³/mol. The number of carbonyl (C=O) groups is 1. The van der Waals surface area contributed by atoms with E-state index in [2.05, 4.69) is 21.4 Å². The molecular weight excluding hydrogens is 454 g/mol. The summed E-state index contributed by atoms with van der Waals surface area (Å²) < 4.78 is 5.61. The van der Waals surface area contributed by atoms with E-state index in [1.165, 1.54) is 27.8 Å². The van der Waals surface area contributed by atoms with E-state index in [1.807, 2.05) is 18.2 Å². The molecule has 3 aromatic rings. The third kappa shape index (κ3) is 4.43. The van der Waals surface area contributed by atoms with Gasteiger partial charge in [0.25, 0.3) is 5.56 Å². The number of aromatic nitrogens is 2. The Labute approximate surface area is 201 Å². The Morgan fingerprint density at radius 1 is 1.24 bits per heavy atom. The highest BCUT2D eigenvalue weighted by molar-refractivity contribution is 7.99. The lowest BCUT2D eigenvalue weighted by atomic mass is 9.78. The minimum absolute atomic E-state index is 0.0136. The maximum absolute atomic E-state index is 12.6. The van der Waals surface area contributed by atoms with E-state index in [-0.39, 0.29) is 16.9 Å². The van der Waals surface area contributed by atoms with Gasteiger partial charge < -0.3 is 15.0 Å². The summed E-state index contributed by atoms with van der Waals surface area (Å²) >= 11 is 3.13. The van der Waals surface area contributed by atoms with Gasteiger partial charge in [0.2, 0.25) is 5.91 Å². The third-order valence-corrected chi connectivity index (χ3v) is 9.09. The minimum Gasteiger partial charge on any atom is -0.496 e. The Morgan fingerprint density at radius 2 is 2.06 bits per heavy atom. The fraction of sp³-hybridized carbons (Fsp3) is 0.480. The van der Waals surface area contributed by atoms with Crippen molar-refractivity contribution in [1.29, 1.82) is 0 Å². The Balaban J connectivity index is 1.19. The molecule has 0 radical (unpaired) electrons. The van der Waals surface area contributed by atoms with Crippen molar-refractivity contribution in [2.45, 2.75) is 56.1 Å². The molecule has 2 aliphatic carbocycles. The number of carbonyl (C=O) groups excluding carboxylic acids is 1. The van der Waals surface area contributed by atoms with Crippen molar-refractivity contribution in [2.24, 2.45) is 0 Å². The molecule has 0 spiro atoms. The van der Waals surface area contributed by atoms with Crippen molar-refractivity contribution in [3.63, 3.8) is 0 Å². The van der Waals surface area contributed by atoms with Gasteiger partial charge in [0.1, 0.15) is 16.4 Å². The number of aromatic amines is 1. The number of rotatable bonds is 8. The van der Waals surface area contributed by atoms with E-state index in [0.717, 1.165) is 60.9 Å². The largest absolute Gasteiger partial charge is 0.496 e. The maximum Gasteiger partial charge on any atom is 0.259 e. The van der Waals surface area contributed by atoms with E-state index >= 15 is 0 Å². The molecule has 5 rings (SSSR count). The molecule has 0 atom stereocenters. The number of hydrogen-bond donors (Lipinski definition) is 2. The molecule has 2 heterocycles. The van der Waals surface area contributed by atoms with Gasteiger partial charge in [-0.15, -0.1) is 23.1 Å². The number of fused-ring (bicyclic) bond motifs is 3. The van der Waals surface area contributed by atoms with Gasteiger partial charge in [-0.1, -0.05) is 31.0 Å². The number of benzene rings is 1. The predicted octanol–water partition coefficient (Wildman–Crippen LogP) is 4.34. The third-order valence-electron chi connectivity index (χ3n) is 6.96. The summed E-state index contributed by atoms with van der Waals surface area (Å²) in [5.41, 5.74) is 2.28. The number of hydrogen-bond acceptors (Lipinski definition) is 6. The number of amides is 1. The number of ether oxygens (including phenoxy) is 1. The van der Waals surface area contributed by atoms with E-state index in [9.17, 15) is 9.59 Å². The molecule has 1 fully saturated rings. The van der Waals surface area contributed by atoms with Crippen LogP contribution in [0, 0.1) is 0 Å². The smallest absolute Gasteiger partial charge is 0.259 e. The van der Waals surface area contributed by atoms with Crippen LogP contribution in [0.1, 0.15) is 53.9 Å². The van der Waals surface area contributed by atoms with Crippen LogP contribution < -0.4 is 15.6 Å². The molecule has 0 unspecified atom stereocenters. The summed E-state index contributed by atoms with van der Waals surface area (Å²) in [6.45, 7) is 0.620. The first-order valence-electron chi connectivity index (χ1n) is 11.6. The van der Waals surface area contributed by atoms with E-state index in [1.54, 1.807) is 18.4 Å². The maximum atomic E-state index is 12.6. The lowest BCUT2D eigenvalue weighted by molar-refractivity contribution is -0.118. The normalized spacial score (nSPS) is 16.8. The molecule has 0 saturated heterocycles. The second-order valence-corrected chi connectivity index (χ2v) is 11.1. The number of methoxy groups -OCH3 is 1. The molecular formula is C25H29N3O3S2. The molecule has 0 aliphatic heterocycles. The molecule has 6 nitrogen and oxygen atoms in total. The molecule has 1 amide bonds. The van der Waals surface area contributed by atoms with Crippen LogP contribution in [0.2, 0.25) is 0 Å². The Kier molecular flexibility index (Phi) is 6.47. The Hall–Kier alpha value is -2.32. The van der Waals surface area contributed by atoms with Crippen LogP contribution in [-0.4, -0.2) is 35.3 Å². The summed E-state index contributed by atoms with van der Waals surface area (Å²) in [6, 6.07) is 8.16. The molecule has 8 heteroatoms. The standard InChI is InChI=1S/C25H29N3O3S2/c1-31-18-9-3-2-8-17(18)25(11-4-5-12-25)15-26-21(29)14-32-13-20-27-23(30)22-16-7-6-10-19(16)33-24(22)28-20/h2-3,8-9H,4-7,10-15H2,1H3,(H,26,29)(H,27,28,30). The highest BCUT2D eigenvalue weighted by atomic mass is 32.2. The topological polar surface area (TPSA) is 84.1 Å². The van der Waals surface area contributed by atoms with Gasteiger partial charge in [0.05, 0.1) is 24.0 Å². The number of H-pyrrole nitrogens is 1. The first-order valence-corrected chi connectivity index (χ1v) is 13.6. The van der Waals surface area contributed by atoms with Crippen molar-refractivity contribution in [1.82, 2.24) is 15.3 Å². The van der Waals surface area contributed by atoms with Crippen LogP contribution in [0.5, 0.6) is 5.75 Å². The lowest BCUT2D eigenvalue weighted by Gasteiger charge is -2.31. The number of nitrogens with one attached hydrogen (secondary N) is 2. The first-order chi connectivity index (χ1) is 16.1. The quantitative estimate of drug-likeness (QED) is 0.498.